The van der Waals surface area contributed by atoms with Gasteiger partial charge in [0.15, 0.2) is 0 Å². The number of benzene rings is 3. The molecule has 1 aliphatic rings. The highest BCUT2D eigenvalue weighted by molar-refractivity contribution is 5.84. The Morgan fingerprint density at radius 1 is 0.931 bits per heavy atom. The average molecular weight is 384 g/mol. The lowest BCUT2D eigenvalue weighted by Gasteiger charge is -2.20. The van der Waals surface area contributed by atoms with Crippen molar-refractivity contribution >= 4 is 16.6 Å². The Morgan fingerprint density at radius 3 is 2.66 bits per heavy atom. The molecule has 29 heavy (non-hydrogen) atoms. The number of nitrogens with two attached hydrogens (primary N) is 1. The van der Waals surface area contributed by atoms with Crippen LogP contribution in [0.1, 0.15) is 29.0 Å². The maximum atomic E-state index is 15.4. The highest BCUT2D eigenvalue weighted by atomic mass is 19.1. The molecule has 0 aliphatic carbocycles. The van der Waals surface area contributed by atoms with Crippen molar-refractivity contribution < 1.29 is 4.39 Å². The minimum absolute atomic E-state index is 0.0103. The van der Waals surface area contributed by atoms with E-state index >= 15 is 4.39 Å². The quantitative estimate of drug-likeness (QED) is 0.528. The number of nitrogens with one attached hydrogen (secondary N) is 1. The van der Waals surface area contributed by atoms with Crippen molar-refractivity contribution in [1.82, 2.24) is 15.5 Å². The molecule has 4 nitrogen and oxygen atoms in total. The predicted molar refractivity (Wildman–Crippen MR) is 114 cm³/mol. The summed E-state index contributed by atoms with van der Waals surface area (Å²) in [7, 11) is 0. The molecule has 3 N–H and O–H groups in total. The fraction of sp³-hybridized carbons (Fsp3) is 0.167. The van der Waals surface area contributed by atoms with Crippen molar-refractivity contribution in [3.8, 4) is 11.3 Å². The molecule has 5 rings (SSSR count). The van der Waals surface area contributed by atoms with Crippen LogP contribution in [0.15, 0.2) is 66.7 Å². The number of rotatable bonds is 2. The molecule has 4 aromatic rings. The Kier molecular flexibility index (Phi) is 4.45. The standard InChI is InChI=1S/C24H21FN4/c25-24-19-4-2-1-3-15(19)5-8-21(24)20-11-12-27-14-17-13-16(6-7-18(17)20)22-9-10-23(26)29-28-22/h1-10,13,20,27H,11-12,14H2,(H2,26,29). The Balaban J connectivity index is 1.60. The van der Waals surface area contributed by atoms with Crippen LogP contribution >= 0.6 is 0 Å². The first-order valence-electron chi connectivity index (χ1n) is 9.81. The molecule has 3 aromatic carbocycles. The van der Waals surface area contributed by atoms with E-state index in [-0.39, 0.29) is 11.7 Å². The van der Waals surface area contributed by atoms with Gasteiger partial charge in [0.1, 0.15) is 11.6 Å². The van der Waals surface area contributed by atoms with E-state index < -0.39 is 0 Å². The minimum atomic E-state index is -0.116. The van der Waals surface area contributed by atoms with Crippen molar-refractivity contribution in [2.75, 3.05) is 12.3 Å². The van der Waals surface area contributed by atoms with E-state index in [9.17, 15) is 0 Å². The normalized spacial score (nSPS) is 16.4. The zero-order valence-electron chi connectivity index (χ0n) is 15.9. The smallest absolute Gasteiger partial charge is 0.146 e. The van der Waals surface area contributed by atoms with Crippen LogP contribution in [0, 0.1) is 5.82 Å². The van der Waals surface area contributed by atoms with Crippen LogP contribution in [0.3, 0.4) is 0 Å². The molecule has 0 fully saturated rings. The van der Waals surface area contributed by atoms with Gasteiger partial charge in [0, 0.05) is 23.4 Å². The number of hydrogen-bond acceptors (Lipinski definition) is 4. The van der Waals surface area contributed by atoms with Gasteiger partial charge in [-0.05, 0) is 53.2 Å². The third-order valence-electron chi connectivity index (χ3n) is 5.69. The monoisotopic (exact) mass is 384 g/mol. The van der Waals surface area contributed by atoms with Gasteiger partial charge in [-0.1, -0.05) is 48.5 Å². The number of nitrogen functional groups attached to an aromatic ring is 1. The van der Waals surface area contributed by atoms with E-state index in [1.807, 2.05) is 48.5 Å². The number of aromatic nitrogens is 2. The second-order valence-electron chi connectivity index (χ2n) is 7.46. The number of nitrogens with zero attached hydrogens (tertiary/aromatic N) is 2. The molecule has 0 spiro atoms. The Morgan fingerprint density at radius 2 is 1.79 bits per heavy atom. The average Bonchev–Trinajstić information content (AvgIpc) is 2.97. The SMILES string of the molecule is Nc1ccc(-c2ccc3c(c2)CNCCC3c2ccc3ccccc3c2F)nn1. The third kappa shape index (κ3) is 3.23. The molecule has 0 saturated carbocycles. The van der Waals surface area contributed by atoms with Gasteiger partial charge in [0.25, 0.3) is 0 Å². The van der Waals surface area contributed by atoms with E-state index in [2.05, 4.69) is 27.6 Å². The summed E-state index contributed by atoms with van der Waals surface area (Å²) < 4.78 is 15.4. The summed E-state index contributed by atoms with van der Waals surface area (Å²) in [6.07, 6.45) is 0.850. The van der Waals surface area contributed by atoms with Crippen molar-refractivity contribution in [3.63, 3.8) is 0 Å². The Labute approximate surface area is 168 Å². The summed E-state index contributed by atoms with van der Waals surface area (Å²) in [6, 6.07) is 21.5. The first-order valence-corrected chi connectivity index (χ1v) is 9.81. The summed E-state index contributed by atoms with van der Waals surface area (Å²) in [6.45, 7) is 1.58. The summed E-state index contributed by atoms with van der Waals surface area (Å²) in [4.78, 5) is 0. The number of hydrogen-bond donors (Lipinski definition) is 2. The summed E-state index contributed by atoms with van der Waals surface area (Å²) in [5.74, 6) is 0.294. The molecular weight excluding hydrogens is 363 g/mol. The first-order chi connectivity index (χ1) is 14.2. The van der Waals surface area contributed by atoms with Gasteiger partial charge in [-0.3, -0.25) is 0 Å². The zero-order valence-corrected chi connectivity index (χ0v) is 15.9. The largest absolute Gasteiger partial charge is 0.382 e. The highest BCUT2D eigenvalue weighted by Crippen LogP contribution is 2.37. The van der Waals surface area contributed by atoms with Gasteiger partial charge in [-0.25, -0.2) is 4.39 Å². The summed E-state index contributed by atoms with van der Waals surface area (Å²) >= 11 is 0. The maximum absolute atomic E-state index is 15.4. The van der Waals surface area contributed by atoms with Gasteiger partial charge in [-0.2, -0.15) is 0 Å². The second-order valence-corrected chi connectivity index (χ2v) is 7.46. The van der Waals surface area contributed by atoms with Crippen molar-refractivity contribution in [2.45, 2.75) is 18.9 Å². The lowest BCUT2D eigenvalue weighted by Crippen LogP contribution is -2.12. The topological polar surface area (TPSA) is 63.8 Å². The molecule has 1 unspecified atom stereocenters. The summed E-state index contributed by atoms with van der Waals surface area (Å²) in [5, 5.41) is 13.2. The van der Waals surface area contributed by atoms with Gasteiger partial charge in [-0.15, -0.1) is 10.2 Å². The molecule has 0 saturated heterocycles. The molecule has 1 atom stereocenters. The molecule has 5 heteroatoms. The van der Waals surface area contributed by atoms with E-state index in [1.165, 1.54) is 0 Å². The van der Waals surface area contributed by atoms with Gasteiger partial charge in [0.05, 0.1) is 5.69 Å². The van der Waals surface area contributed by atoms with Crippen LogP contribution in [-0.4, -0.2) is 16.7 Å². The minimum Gasteiger partial charge on any atom is -0.382 e. The molecule has 144 valence electrons. The number of halogens is 1. The molecule has 0 bridgehead atoms. The molecule has 0 radical (unpaired) electrons. The van der Waals surface area contributed by atoms with E-state index in [0.717, 1.165) is 52.8 Å². The van der Waals surface area contributed by atoms with Crippen LogP contribution in [-0.2, 0) is 6.54 Å². The van der Waals surface area contributed by atoms with Gasteiger partial charge >= 0.3 is 0 Å². The van der Waals surface area contributed by atoms with Gasteiger partial charge < -0.3 is 11.1 Å². The fourth-order valence-electron chi connectivity index (χ4n) is 4.22. The molecule has 0 amide bonds. The lowest BCUT2D eigenvalue weighted by atomic mass is 9.84. The predicted octanol–water partition coefficient (Wildman–Crippen LogP) is 4.64. The molecule has 1 aromatic heterocycles. The Hall–Kier alpha value is -3.31. The van der Waals surface area contributed by atoms with Crippen LogP contribution in [0.2, 0.25) is 0 Å². The van der Waals surface area contributed by atoms with Crippen LogP contribution in [0.4, 0.5) is 10.2 Å². The lowest BCUT2D eigenvalue weighted by molar-refractivity contribution is 0.588. The number of anilines is 1. The maximum Gasteiger partial charge on any atom is 0.146 e. The van der Waals surface area contributed by atoms with Gasteiger partial charge in [0.2, 0.25) is 0 Å². The van der Waals surface area contributed by atoms with E-state index in [0.29, 0.717) is 11.2 Å². The van der Waals surface area contributed by atoms with E-state index in [1.54, 1.807) is 6.07 Å². The first kappa shape index (κ1) is 17.8. The molecule has 1 aliphatic heterocycles. The van der Waals surface area contributed by atoms with Crippen LogP contribution in [0.25, 0.3) is 22.0 Å². The van der Waals surface area contributed by atoms with E-state index in [4.69, 9.17) is 5.73 Å². The van der Waals surface area contributed by atoms with Crippen LogP contribution in [0.5, 0.6) is 0 Å². The van der Waals surface area contributed by atoms with Crippen molar-refractivity contribution in [3.05, 3.63) is 89.2 Å². The Bertz CT molecular complexity index is 1190. The highest BCUT2D eigenvalue weighted by Gasteiger charge is 2.24. The van der Waals surface area contributed by atoms with Crippen molar-refractivity contribution in [2.24, 2.45) is 0 Å². The number of fused-ring (bicyclic) bond motifs is 2. The zero-order chi connectivity index (χ0) is 19.8. The van der Waals surface area contributed by atoms with Crippen LogP contribution < -0.4 is 11.1 Å². The second kappa shape index (κ2) is 7.26. The molecule has 2 heterocycles. The molecular formula is C24H21FN4. The third-order valence-corrected chi connectivity index (χ3v) is 5.69. The van der Waals surface area contributed by atoms with Crippen molar-refractivity contribution in [1.29, 1.82) is 0 Å². The fourth-order valence-corrected chi connectivity index (χ4v) is 4.22. The summed E-state index contributed by atoms with van der Waals surface area (Å²) in [5.41, 5.74) is 10.5.